The van der Waals surface area contributed by atoms with Crippen molar-refractivity contribution in [2.24, 2.45) is 0 Å². The van der Waals surface area contributed by atoms with Crippen LogP contribution in [0.15, 0.2) is 11.1 Å². The van der Waals surface area contributed by atoms with Crippen molar-refractivity contribution in [2.45, 2.75) is 13.3 Å². The number of hydrogen-bond donors (Lipinski definition) is 1. The average Bonchev–Trinajstić information content (AvgIpc) is 2.04. The van der Waals surface area contributed by atoms with Gasteiger partial charge < -0.3 is 10.0 Å². The first-order valence-electron chi connectivity index (χ1n) is 3.86. The summed E-state index contributed by atoms with van der Waals surface area (Å²) in [6.07, 6.45) is -0.0651. The highest BCUT2D eigenvalue weighted by Crippen LogP contribution is 2.18. The van der Waals surface area contributed by atoms with Gasteiger partial charge in [-0.3, -0.25) is 0 Å². The van der Waals surface area contributed by atoms with Crippen LogP contribution in [0.3, 0.4) is 0 Å². The van der Waals surface area contributed by atoms with Gasteiger partial charge in [0, 0.05) is 19.0 Å². The van der Waals surface area contributed by atoms with Crippen LogP contribution in [0.5, 0.6) is 0 Å². The van der Waals surface area contributed by atoms with E-state index >= 15 is 0 Å². The predicted molar refractivity (Wildman–Crippen MR) is 47.6 cm³/mol. The molecule has 0 saturated heterocycles. The first kappa shape index (κ1) is 9.39. The molecule has 0 saturated carbocycles. The quantitative estimate of drug-likeness (QED) is 0.506. The van der Waals surface area contributed by atoms with Crippen molar-refractivity contribution in [2.75, 3.05) is 19.0 Å². The lowest BCUT2D eigenvalue weighted by Crippen LogP contribution is -2.35. The minimum absolute atomic E-state index is 0.511. The maximum absolute atomic E-state index is 10.6. The van der Waals surface area contributed by atoms with Crippen LogP contribution < -0.4 is 0 Å². The molecule has 0 aliphatic carbocycles. The molecule has 1 heterocycles. The smallest absolute Gasteiger partial charge is 0.407 e. The van der Waals surface area contributed by atoms with Crippen molar-refractivity contribution in [3.8, 4) is 0 Å². The Bertz CT molecular complexity index is 225. The fourth-order valence-electron chi connectivity index (χ4n) is 1.30. The lowest BCUT2D eigenvalue weighted by molar-refractivity contribution is 0.147. The Kier molecular flexibility index (Phi) is 2.98. The van der Waals surface area contributed by atoms with Gasteiger partial charge in [-0.1, -0.05) is 11.1 Å². The summed E-state index contributed by atoms with van der Waals surface area (Å²) in [5.41, 5.74) is 2.29. The number of carbonyl (C=O) groups is 1. The van der Waals surface area contributed by atoms with Crippen molar-refractivity contribution < 1.29 is 9.90 Å². The van der Waals surface area contributed by atoms with E-state index in [0.717, 1.165) is 12.0 Å². The van der Waals surface area contributed by atoms with E-state index in [1.165, 1.54) is 10.5 Å². The van der Waals surface area contributed by atoms with E-state index in [1.54, 1.807) is 0 Å². The molecule has 0 atom stereocenters. The number of hydrogen-bond acceptors (Lipinski definition) is 1. The zero-order valence-corrected chi connectivity index (χ0v) is 7.76. The molecule has 1 aliphatic rings. The van der Waals surface area contributed by atoms with Gasteiger partial charge in [0.25, 0.3) is 0 Å². The van der Waals surface area contributed by atoms with Crippen molar-refractivity contribution in [1.82, 2.24) is 4.90 Å². The van der Waals surface area contributed by atoms with Crippen molar-refractivity contribution in [3.63, 3.8) is 0 Å². The van der Waals surface area contributed by atoms with Crippen molar-refractivity contribution >= 4 is 17.7 Å². The second-order valence-electron chi connectivity index (χ2n) is 2.97. The summed E-state index contributed by atoms with van der Waals surface area (Å²) in [6, 6.07) is 0. The summed E-state index contributed by atoms with van der Waals surface area (Å²) in [6.45, 7) is 3.03. The van der Waals surface area contributed by atoms with E-state index in [1.807, 2.05) is 6.92 Å². The van der Waals surface area contributed by atoms with E-state index < -0.39 is 6.09 Å². The Morgan fingerprint density at radius 1 is 1.75 bits per heavy atom. The van der Waals surface area contributed by atoms with E-state index in [4.69, 9.17) is 16.7 Å². The molecule has 1 rings (SSSR count). The molecule has 0 bridgehead atoms. The van der Waals surface area contributed by atoms with E-state index in [9.17, 15) is 4.79 Å². The average molecular weight is 190 g/mol. The number of halogens is 1. The highest BCUT2D eigenvalue weighted by molar-refractivity contribution is 6.19. The third-order valence-electron chi connectivity index (χ3n) is 2.15. The third-order valence-corrected chi connectivity index (χ3v) is 2.47. The molecule has 0 unspecified atom stereocenters. The summed E-state index contributed by atoms with van der Waals surface area (Å²) < 4.78 is 0. The fraction of sp³-hybridized carbons (Fsp3) is 0.625. The second-order valence-corrected chi connectivity index (χ2v) is 3.24. The molecule has 68 valence electrons. The lowest BCUT2D eigenvalue weighted by atomic mass is 10.0. The molecule has 0 fully saturated rings. The van der Waals surface area contributed by atoms with Gasteiger partial charge in [-0.05, 0) is 13.3 Å². The van der Waals surface area contributed by atoms with Gasteiger partial charge in [0.2, 0.25) is 0 Å². The van der Waals surface area contributed by atoms with Gasteiger partial charge in [-0.25, -0.2) is 4.79 Å². The number of amides is 1. The van der Waals surface area contributed by atoms with Crippen LogP contribution in [0.4, 0.5) is 4.79 Å². The minimum Gasteiger partial charge on any atom is -0.465 e. The lowest BCUT2D eigenvalue weighted by Gasteiger charge is -2.26. The Hall–Kier alpha value is -0.700. The number of alkyl halides is 1. The van der Waals surface area contributed by atoms with Gasteiger partial charge in [-0.15, -0.1) is 11.6 Å². The molecule has 0 aromatic carbocycles. The molecular weight excluding hydrogens is 178 g/mol. The van der Waals surface area contributed by atoms with Crippen LogP contribution in [0, 0.1) is 0 Å². The van der Waals surface area contributed by atoms with Crippen LogP contribution in [0.2, 0.25) is 0 Å². The van der Waals surface area contributed by atoms with E-state index in [2.05, 4.69) is 0 Å². The Morgan fingerprint density at radius 2 is 2.42 bits per heavy atom. The first-order valence-corrected chi connectivity index (χ1v) is 4.40. The summed E-state index contributed by atoms with van der Waals surface area (Å²) in [4.78, 5) is 12.0. The van der Waals surface area contributed by atoms with Crippen LogP contribution in [0.1, 0.15) is 13.3 Å². The molecule has 0 aromatic heterocycles. The Balaban J connectivity index is 2.65. The first-order chi connectivity index (χ1) is 5.65. The molecule has 12 heavy (non-hydrogen) atoms. The summed E-state index contributed by atoms with van der Waals surface area (Å²) in [5, 5.41) is 8.69. The molecule has 4 heteroatoms. The third kappa shape index (κ3) is 1.91. The summed E-state index contributed by atoms with van der Waals surface area (Å²) in [7, 11) is 0. The molecule has 1 N–H and O–H groups in total. The standard InChI is InChI=1S/C8H12ClNO2/c1-6-5-10(8(11)12)3-2-7(6)4-9/h2-5H2,1H3,(H,11,12). The molecular formula is C8H12ClNO2. The molecule has 0 radical (unpaired) electrons. The summed E-state index contributed by atoms with van der Waals surface area (Å²) in [5.74, 6) is 0.527. The maximum atomic E-state index is 10.6. The monoisotopic (exact) mass is 189 g/mol. The largest absolute Gasteiger partial charge is 0.465 e. The highest BCUT2D eigenvalue weighted by atomic mass is 35.5. The second kappa shape index (κ2) is 3.81. The van der Waals surface area contributed by atoms with Gasteiger partial charge in [0.1, 0.15) is 0 Å². The minimum atomic E-state index is -0.844. The van der Waals surface area contributed by atoms with Crippen LogP contribution >= 0.6 is 11.6 Å². The molecule has 3 nitrogen and oxygen atoms in total. The molecule has 0 spiro atoms. The highest BCUT2D eigenvalue weighted by Gasteiger charge is 2.18. The van der Waals surface area contributed by atoms with Gasteiger partial charge in [0.05, 0.1) is 0 Å². The molecule has 1 aliphatic heterocycles. The van der Waals surface area contributed by atoms with Crippen LogP contribution in [-0.4, -0.2) is 35.1 Å². The van der Waals surface area contributed by atoms with Gasteiger partial charge in [-0.2, -0.15) is 0 Å². The topological polar surface area (TPSA) is 40.5 Å². The molecule has 1 amide bonds. The van der Waals surface area contributed by atoms with Crippen molar-refractivity contribution in [1.29, 1.82) is 0 Å². The van der Waals surface area contributed by atoms with Crippen molar-refractivity contribution in [3.05, 3.63) is 11.1 Å². The van der Waals surface area contributed by atoms with E-state index in [-0.39, 0.29) is 0 Å². The normalized spacial score (nSPS) is 18.3. The zero-order chi connectivity index (χ0) is 9.14. The summed E-state index contributed by atoms with van der Waals surface area (Å²) >= 11 is 5.68. The Labute approximate surface area is 76.6 Å². The number of nitrogens with zero attached hydrogens (tertiary/aromatic N) is 1. The van der Waals surface area contributed by atoms with Gasteiger partial charge in [0.15, 0.2) is 0 Å². The van der Waals surface area contributed by atoms with Crippen LogP contribution in [-0.2, 0) is 0 Å². The predicted octanol–water partition coefficient (Wildman–Crippen LogP) is 1.93. The Morgan fingerprint density at radius 3 is 2.83 bits per heavy atom. The fourth-order valence-corrected chi connectivity index (χ4v) is 1.67. The van der Waals surface area contributed by atoms with Gasteiger partial charge >= 0.3 is 6.09 Å². The zero-order valence-electron chi connectivity index (χ0n) is 7.01. The van der Waals surface area contributed by atoms with Crippen LogP contribution in [0.25, 0.3) is 0 Å². The number of rotatable bonds is 1. The number of carboxylic acid groups (broad SMARTS) is 1. The van der Waals surface area contributed by atoms with E-state index in [0.29, 0.717) is 19.0 Å². The molecule has 0 aromatic rings. The SMILES string of the molecule is CC1=C(CCl)CCN(C(=O)O)C1. The maximum Gasteiger partial charge on any atom is 0.407 e.